The maximum Gasteiger partial charge on any atom is 0.275 e. The van der Waals surface area contributed by atoms with Gasteiger partial charge in [-0.2, -0.15) is 0 Å². The molecule has 0 spiro atoms. The molecule has 27 heavy (non-hydrogen) atoms. The summed E-state index contributed by atoms with van der Waals surface area (Å²) in [7, 11) is 1.62. The van der Waals surface area contributed by atoms with Gasteiger partial charge in [-0.3, -0.25) is 4.79 Å². The van der Waals surface area contributed by atoms with Gasteiger partial charge in [0.2, 0.25) is 0 Å². The molecule has 0 saturated heterocycles. The Morgan fingerprint density at radius 2 is 1.59 bits per heavy atom. The zero-order valence-corrected chi connectivity index (χ0v) is 15.6. The van der Waals surface area contributed by atoms with Gasteiger partial charge in [-0.15, -0.1) is 0 Å². The molecule has 0 atom stereocenters. The molecule has 1 heterocycles. The van der Waals surface area contributed by atoms with Gasteiger partial charge < -0.3 is 15.4 Å². The first-order chi connectivity index (χ1) is 13.0. The van der Waals surface area contributed by atoms with Gasteiger partial charge in [-0.05, 0) is 47.9 Å². The van der Waals surface area contributed by atoms with E-state index in [-0.39, 0.29) is 11.6 Å². The molecule has 3 rings (SSSR count). The van der Waals surface area contributed by atoms with Crippen molar-refractivity contribution in [2.24, 2.45) is 0 Å². The van der Waals surface area contributed by atoms with Gasteiger partial charge in [0.15, 0.2) is 0 Å². The monoisotopic (exact) mass is 362 g/mol. The Kier molecular flexibility index (Phi) is 5.66. The van der Waals surface area contributed by atoms with Crippen LogP contribution < -0.4 is 15.4 Å². The van der Waals surface area contributed by atoms with Crippen molar-refractivity contribution in [3.63, 3.8) is 0 Å². The Morgan fingerprint density at radius 1 is 0.926 bits per heavy atom. The van der Waals surface area contributed by atoms with Crippen LogP contribution in [0, 0.1) is 0 Å². The Balaban J connectivity index is 1.62. The van der Waals surface area contributed by atoms with E-state index < -0.39 is 0 Å². The molecule has 0 fully saturated rings. The van der Waals surface area contributed by atoms with E-state index in [9.17, 15) is 4.79 Å². The van der Waals surface area contributed by atoms with Gasteiger partial charge in [0, 0.05) is 11.4 Å². The van der Waals surface area contributed by atoms with Gasteiger partial charge in [0.25, 0.3) is 5.91 Å². The molecule has 0 saturated carbocycles. The van der Waals surface area contributed by atoms with E-state index in [0.717, 1.165) is 17.1 Å². The summed E-state index contributed by atoms with van der Waals surface area (Å²) in [6, 6.07) is 15.2. The van der Waals surface area contributed by atoms with E-state index in [2.05, 4.69) is 34.4 Å². The Bertz CT molecular complexity index is 889. The molecule has 1 amide bonds. The summed E-state index contributed by atoms with van der Waals surface area (Å²) in [5.74, 6) is 1.49. The van der Waals surface area contributed by atoms with E-state index in [4.69, 9.17) is 4.74 Å². The van der Waals surface area contributed by atoms with E-state index in [1.807, 2.05) is 48.5 Å². The minimum absolute atomic E-state index is 0.253. The van der Waals surface area contributed by atoms with Crippen molar-refractivity contribution >= 4 is 23.1 Å². The van der Waals surface area contributed by atoms with Crippen LogP contribution in [-0.2, 0) is 0 Å². The van der Waals surface area contributed by atoms with Crippen molar-refractivity contribution < 1.29 is 9.53 Å². The van der Waals surface area contributed by atoms with Crippen molar-refractivity contribution in [1.82, 2.24) is 9.97 Å². The SMILES string of the molecule is COc1ccc(Nc2cnc(C(=O)Nc3ccc(C(C)C)cc3)cn2)cc1. The fourth-order valence-electron chi connectivity index (χ4n) is 2.48. The summed E-state index contributed by atoms with van der Waals surface area (Å²) in [5, 5.41) is 5.96. The second-order valence-electron chi connectivity index (χ2n) is 6.37. The number of anilines is 3. The van der Waals surface area contributed by atoms with E-state index in [0.29, 0.717) is 11.7 Å². The van der Waals surface area contributed by atoms with Crippen molar-refractivity contribution in [3.05, 3.63) is 72.2 Å². The van der Waals surface area contributed by atoms with Crippen LogP contribution >= 0.6 is 0 Å². The number of nitrogens with zero attached hydrogens (tertiary/aromatic N) is 2. The predicted molar refractivity (Wildman–Crippen MR) is 107 cm³/mol. The van der Waals surface area contributed by atoms with Crippen LogP contribution in [0.25, 0.3) is 0 Å². The Morgan fingerprint density at radius 3 is 2.15 bits per heavy atom. The topological polar surface area (TPSA) is 76.1 Å². The molecule has 0 aliphatic heterocycles. The third kappa shape index (κ3) is 4.82. The number of rotatable bonds is 6. The first-order valence-electron chi connectivity index (χ1n) is 8.69. The third-order valence-corrected chi connectivity index (χ3v) is 4.08. The molecule has 2 aromatic carbocycles. The van der Waals surface area contributed by atoms with Gasteiger partial charge in [0.1, 0.15) is 17.3 Å². The summed E-state index contributed by atoms with van der Waals surface area (Å²) in [5.41, 5.74) is 3.06. The highest BCUT2D eigenvalue weighted by Crippen LogP contribution is 2.19. The number of nitrogens with one attached hydrogen (secondary N) is 2. The maximum atomic E-state index is 12.3. The molecule has 138 valence electrons. The van der Waals surface area contributed by atoms with E-state index in [1.54, 1.807) is 7.11 Å². The number of carbonyl (C=O) groups is 1. The lowest BCUT2D eigenvalue weighted by molar-refractivity contribution is 0.102. The molecule has 3 aromatic rings. The highest BCUT2D eigenvalue weighted by atomic mass is 16.5. The Labute approximate surface area is 158 Å². The molecular formula is C21H22N4O2. The number of methoxy groups -OCH3 is 1. The lowest BCUT2D eigenvalue weighted by Crippen LogP contribution is -2.14. The van der Waals surface area contributed by atoms with Crippen molar-refractivity contribution in [3.8, 4) is 5.75 Å². The van der Waals surface area contributed by atoms with E-state index >= 15 is 0 Å². The zero-order chi connectivity index (χ0) is 19.2. The van der Waals surface area contributed by atoms with Crippen LogP contribution in [0.4, 0.5) is 17.2 Å². The van der Waals surface area contributed by atoms with Crippen LogP contribution in [0.15, 0.2) is 60.9 Å². The number of benzene rings is 2. The minimum atomic E-state index is -0.296. The normalized spacial score (nSPS) is 10.5. The number of hydrogen-bond donors (Lipinski definition) is 2. The summed E-state index contributed by atoms with van der Waals surface area (Å²) in [6.07, 6.45) is 2.98. The summed E-state index contributed by atoms with van der Waals surface area (Å²) >= 11 is 0. The van der Waals surface area contributed by atoms with Crippen molar-refractivity contribution in [1.29, 1.82) is 0 Å². The van der Waals surface area contributed by atoms with Gasteiger partial charge in [0.05, 0.1) is 19.5 Å². The molecule has 1 aromatic heterocycles. The number of amides is 1. The maximum absolute atomic E-state index is 12.3. The van der Waals surface area contributed by atoms with Gasteiger partial charge in [-0.25, -0.2) is 9.97 Å². The zero-order valence-electron chi connectivity index (χ0n) is 15.6. The van der Waals surface area contributed by atoms with Crippen LogP contribution in [0.2, 0.25) is 0 Å². The third-order valence-electron chi connectivity index (χ3n) is 4.08. The second kappa shape index (κ2) is 8.31. The first-order valence-corrected chi connectivity index (χ1v) is 8.69. The number of hydrogen-bond acceptors (Lipinski definition) is 5. The van der Waals surface area contributed by atoms with Crippen LogP contribution in [0.3, 0.4) is 0 Å². The van der Waals surface area contributed by atoms with Crippen molar-refractivity contribution in [2.45, 2.75) is 19.8 Å². The standard InChI is InChI=1S/C21H22N4O2/c1-14(2)15-4-6-17(7-5-15)25-21(26)19-12-23-20(13-22-19)24-16-8-10-18(27-3)11-9-16/h4-14H,1-3H3,(H,23,24)(H,25,26). The highest BCUT2D eigenvalue weighted by molar-refractivity contribution is 6.02. The van der Waals surface area contributed by atoms with Crippen LogP contribution in [-0.4, -0.2) is 23.0 Å². The lowest BCUT2D eigenvalue weighted by Gasteiger charge is -2.09. The molecule has 6 heteroatoms. The smallest absolute Gasteiger partial charge is 0.275 e. The highest BCUT2D eigenvalue weighted by Gasteiger charge is 2.09. The number of aromatic nitrogens is 2. The van der Waals surface area contributed by atoms with E-state index in [1.165, 1.54) is 18.0 Å². The molecule has 0 radical (unpaired) electrons. The lowest BCUT2D eigenvalue weighted by atomic mass is 10.0. The van der Waals surface area contributed by atoms with Gasteiger partial charge in [-0.1, -0.05) is 26.0 Å². The molecule has 6 nitrogen and oxygen atoms in total. The van der Waals surface area contributed by atoms with Crippen LogP contribution in [0.1, 0.15) is 35.8 Å². The average Bonchev–Trinajstić information content (AvgIpc) is 2.69. The van der Waals surface area contributed by atoms with Crippen molar-refractivity contribution in [2.75, 3.05) is 17.7 Å². The number of carbonyl (C=O) groups excluding carboxylic acids is 1. The fraction of sp³-hybridized carbons (Fsp3) is 0.190. The quantitative estimate of drug-likeness (QED) is 0.670. The largest absolute Gasteiger partial charge is 0.497 e. The molecular weight excluding hydrogens is 340 g/mol. The van der Waals surface area contributed by atoms with Gasteiger partial charge >= 0.3 is 0 Å². The fourth-order valence-corrected chi connectivity index (χ4v) is 2.48. The first kappa shape index (κ1) is 18.4. The molecule has 0 aliphatic carbocycles. The molecule has 0 aliphatic rings. The molecule has 0 bridgehead atoms. The summed E-state index contributed by atoms with van der Waals surface area (Å²) in [4.78, 5) is 20.8. The second-order valence-corrected chi connectivity index (χ2v) is 6.37. The minimum Gasteiger partial charge on any atom is -0.497 e. The average molecular weight is 362 g/mol. The number of ether oxygens (including phenoxy) is 1. The summed E-state index contributed by atoms with van der Waals surface area (Å²) < 4.78 is 5.13. The Hall–Kier alpha value is -3.41. The molecule has 0 unspecified atom stereocenters. The van der Waals surface area contributed by atoms with Crippen LogP contribution in [0.5, 0.6) is 5.75 Å². The summed E-state index contributed by atoms with van der Waals surface area (Å²) in [6.45, 7) is 4.26. The predicted octanol–water partition coefficient (Wildman–Crippen LogP) is 4.60. The molecule has 2 N–H and O–H groups in total.